The molecular weight excluding hydrogens is 245 g/mol. The second-order valence-corrected chi connectivity index (χ2v) is 4.33. The molecule has 0 amide bonds. The number of halogens is 3. The quantitative estimate of drug-likeness (QED) is 0.833. The van der Waals surface area contributed by atoms with Crippen molar-refractivity contribution >= 4 is 5.78 Å². The molecule has 0 radical (unpaired) electrons. The zero-order valence-electron chi connectivity index (χ0n) is 9.37. The zero-order chi connectivity index (χ0) is 13.3. The highest BCUT2D eigenvalue weighted by Crippen LogP contribution is 2.33. The molecular formula is C13H11F3O2. The van der Waals surface area contributed by atoms with Crippen LogP contribution in [0.15, 0.2) is 36.1 Å². The van der Waals surface area contributed by atoms with Crippen LogP contribution >= 0.6 is 0 Å². The summed E-state index contributed by atoms with van der Waals surface area (Å²) >= 11 is 0. The molecule has 2 nitrogen and oxygen atoms in total. The molecule has 0 saturated carbocycles. The van der Waals surface area contributed by atoms with Crippen LogP contribution in [0.1, 0.15) is 29.9 Å². The summed E-state index contributed by atoms with van der Waals surface area (Å²) in [7, 11) is 0. The van der Waals surface area contributed by atoms with Crippen molar-refractivity contribution in [2.45, 2.75) is 24.9 Å². The van der Waals surface area contributed by atoms with Crippen molar-refractivity contribution in [2.24, 2.45) is 0 Å². The van der Waals surface area contributed by atoms with Gasteiger partial charge in [-0.1, -0.05) is 12.1 Å². The Morgan fingerprint density at radius 2 is 1.72 bits per heavy atom. The molecule has 0 spiro atoms. The third-order valence-corrected chi connectivity index (χ3v) is 2.94. The highest BCUT2D eigenvalue weighted by atomic mass is 19.4. The number of aliphatic hydroxyl groups excluding tert-OH is 1. The van der Waals surface area contributed by atoms with E-state index in [0.717, 1.165) is 12.1 Å². The second-order valence-electron chi connectivity index (χ2n) is 4.33. The minimum absolute atomic E-state index is 0.0175. The van der Waals surface area contributed by atoms with Crippen LogP contribution < -0.4 is 0 Å². The summed E-state index contributed by atoms with van der Waals surface area (Å²) in [6, 6.07) is 4.71. The van der Waals surface area contributed by atoms with Gasteiger partial charge in [-0.2, -0.15) is 13.2 Å². The molecule has 96 valence electrons. The average Bonchev–Trinajstić information content (AvgIpc) is 2.27. The van der Waals surface area contributed by atoms with Gasteiger partial charge in [0.25, 0.3) is 0 Å². The number of hydrogen-bond donors (Lipinski definition) is 1. The first kappa shape index (κ1) is 12.7. The smallest absolute Gasteiger partial charge is 0.416 e. The van der Waals surface area contributed by atoms with E-state index in [0.29, 0.717) is 5.56 Å². The Kier molecular flexibility index (Phi) is 3.15. The van der Waals surface area contributed by atoms with Crippen LogP contribution in [-0.2, 0) is 11.0 Å². The SMILES string of the molecule is O=C1C=C(O)C[C@H](c2ccc(C(F)(F)F)cc2)C1. The van der Waals surface area contributed by atoms with E-state index in [9.17, 15) is 23.1 Å². The van der Waals surface area contributed by atoms with Crippen molar-refractivity contribution in [2.75, 3.05) is 0 Å². The molecule has 0 aliphatic heterocycles. The van der Waals surface area contributed by atoms with E-state index in [1.807, 2.05) is 0 Å². The van der Waals surface area contributed by atoms with Gasteiger partial charge in [-0.05, 0) is 23.6 Å². The molecule has 2 rings (SSSR count). The Morgan fingerprint density at radius 3 is 2.22 bits per heavy atom. The minimum Gasteiger partial charge on any atom is -0.512 e. The van der Waals surface area contributed by atoms with E-state index in [1.165, 1.54) is 18.2 Å². The lowest BCUT2D eigenvalue weighted by Gasteiger charge is -2.20. The standard InChI is InChI=1S/C13H11F3O2/c14-13(15,16)10-3-1-8(2-4-10)9-5-11(17)7-12(18)6-9/h1-4,7,9,17H,5-6H2/t9-/m0/s1. The predicted molar refractivity (Wildman–Crippen MR) is 59.1 cm³/mol. The van der Waals surface area contributed by atoms with E-state index < -0.39 is 11.7 Å². The summed E-state index contributed by atoms with van der Waals surface area (Å²) < 4.78 is 37.1. The first-order valence-corrected chi connectivity index (χ1v) is 5.46. The first-order valence-electron chi connectivity index (χ1n) is 5.46. The monoisotopic (exact) mass is 256 g/mol. The number of hydrogen-bond acceptors (Lipinski definition) is 2. The number of benzene rings is 1. The topological polar surface area (TPSA) is 37.3 Å². The number of allylic oxidation sites excluding steroid dienone is 2. The fraction of sp³-hybridized carbons (Fsp3) is 0.308. The van der Waals surface area contributed by atoms with Crippen LogP contribution in [0, 0.1) is 0 Å². The van der Waals surface area contributed by atoms with Gasteiger partial charge in [-0.25, -0.2) is 0 Å². The lowest BCUT2D eigenvalue weighted by molar-refractivity contribution is -0.137. The third kappa shape index (κ3) is 2.72. The maximum atomic E-state index is 12.4. The molecule has 1 aromatic rings. The van der Waals surface area contributed by atoms with Crippen molar-refractivity contribution in [3.8, 4) is 0 Å². The molecule has 0 unspecified atom stereocenters. The van der Waals surface area contributed by atoms with E-state index in [-0.39, 0.29) is 30.3 Å². The molecule has 1 aliphatic carbocycles. The number of alkyl halides is 3. The van der Waals surface area contributed by atoms with Crippen LogP contribution in [0.5, 0.6) is 0 Å². The Balaban J connectivity index is 2.21. The zero-order valence-corrected chi connectivity index (χ0v) is 9.37. The van der Waals surface area contributed by atoms with Crippen LogP contribution in [0.2, 0.25) is 0 Å². The Hall–Kier alpha value is -1.78. The summed E-state index contributed by atoms with van der Waals surface area (Å²) in [6.07, 6.45) is -2.68. The largest absolute Gasteiger partial charge is 0.512 e. The lowest BCUT2D eigenvalue weighted by atomic mass is 9.86. The van der Waals surface area contributed by atoms with Crippen LogP contribution in [0.3, 0.4) is 0 Å². The van der Waals surface area contributed by atoms with Gasteiger partial charge in [0.1, 0.15) is 0 Å². The first-order chi connectivity index (χ1) is 8.36. The summed E-state index contributed by atoms with van der Waals surface area (Å²) in [5.74, 6) is -0.468. The Labute approximate surface area is 102 Å². The maximum absolute atomic E-state index is 12.4. The number of carbonyl (C=O) groups excluding carboxylic acids is 1. The van der Waals surface area contributed by atoms with E-state index in [1.54, 1.807) is 0 Å². The van der Waals surface area contributed by atoms with Gasteiger partial charge in [-0.3, -0.25) is 4.79 Å². The van der Waals surface area contributed by atoms with Crippen molar-refractivity contribution < 1.29 is 23.1 Å². The molecule has 0 heterocycles. The fourth-order valence-corrected chi connectivity index (χ4v) is 2.05. The summed E-state index contributed by atoms with van der Waals surface area (Å²) in [4.78, 5) is 11.3. The molecule has 0 bridgehead atoms. The number of rotatable bonds is 1. The Bertz CT molecular complexity index is 486. The van der Waals surface area contributed by atoms with Crippen LogP contribution in [0.25, 0.3) is 0 Å². The number of aliphatic hydroxyl groups is 1. The van der Waals surface area contributed by atoms with Gasteiger partial charge in [0.15, 0.2) is 5.78 Å². The van der Waals surface area contributed by atoms with Gasteiger partial charge < -0.3 is 5.11 Å². The molecule has 0 fully saturated rings. The fourth-order valence-electron chi connectivity index (χ4n) is 2.05. The molecule has 1 aliphatic rings. The van der Waals surface area contributed by atoms with Crippen LogP contribution in [-0.4, -0.2) is 10.9 Å². The van der Waals surface area contributed by atoms with E-state index in [4.69, 9.17) is 0 Å². The van der Waals surface area contributed by atoms with Gasteiger partial charge in [-0.15, -0.1) is 0 Å². The lowest BCUT2D eigenvalue weighted by Crippen LogP contribution is -2.13. The number of carbonyl (C=O) groups is 1. The van der Waals surface area contributed by atoms with Crippen molar-refractivity contribution in [3.05, 3.63) is 47.2 Å². The summed E-state index contributed by atoms with van der Waals surface area (Å²) in [5, 5.41) is 9.36. The molecule has 1 N–H and O–H groups in total. The molecule has 5 heteroatoms. The van der Waals surface area contributed by atoms with Crippen molar-refractivity contribution in [3.63, 3.8) is 0 Å². The van der Waals surface area contributed by atoms with Crippen molar-refractivity contribution in [1.29, 1.82) is 0 Å². The molecule has 0 aromatic heterocycles. The summed E-state index contributed by atoms with van der Waals surface area (Å²) in [6.45, 7) is 0. The average molecular weight is 256 g/mol. The van der Waals surface area contributed by atoms with Gasteiger partial charge in [0.2, 0.25) is 0 Å². The van der Waals surface area contributed by atoms with Crippen LogP contribution in [0.4, 0.5) is 13.2 Å². The molecule has 0 saturated heterocycles. The second kappa shape index (κ2) is 4.48. The highest BCUT2D eigenvalue weighted by molar-refractivity contribution is 5.91. The predicted octanol–water partition coefficient (Wildman–Crippen LogP) is 3.59. The molecule has 18 heavy (non-hydrogen) atoms. The van der Waals surface area contributed by atoms with E-state index >= 15 is 0 Å². The normalized spacial score (nSPS) is 20.7. The van der Waals surface area contributed by atoms with Gasteiger partial charge in [0.05, 0.1) is 11.3 Å². The third-order valence-electron chi connectivity index (χ3n) is 2.94. The minimum atomic E-state index is -4.36. The Morgan fingerprint density at radius 1 is 1.11 bits per heavy atom. The summed E-state index contributed by atoms with van der Waals surface area (Å²) in [5.41, 5.74) is -0.0795. The molecule has 1 atom stereocenters. The maximum Gasteiger partial charge on any atom is 0.416 e. The molecule has 1 aromatic carbocycles. The van der Waals surface area contributed by atoms with E-state index in [2.05, 4.69) is 0 Å². The van der Waals surface area contributed by atoms with Gasteiger partial charge >= 0.3 is 6.18 Å². The number of ketones is 1. The van der Waals surface area contributed by atoms with Crippen molar-refractivity contribution in [1.82, 2.24) is 0 Å². The van der Waals surface area contributed by atoms with Gasteiger partial charge in [0, 0.05) is 18.9 Å². The highest BCUT2D eigenvalue weighted by Gasteiger charge is 2.30.